The Morgan fingerprint density at radius 3 is 2.50 bits per heavy atom. The van der Waals surface area contributed by atoms with Gasteiger partial charge in [0, 0.05) is 4.47 Å². The Morgan fingerprint density at radius 2 is 1.82 bits per heavy atom. The van der Waals surface area contributed by atoms with Crippen molar-refractivity contribution in [1.29, 1.82) is 0 Å². The van der Waals surface area contributed by atoms with Crippen LogP contribution in [0.2, 0.25) is 0 Å². The molecule has 0 N–H and O–H groups in total. The molecule has 1 amide bonds. The smallest absolute Gasteiger partial charge is 0.268 e. The molecule has 0 aliphatic carbocycles. The molecule has 0 unspecified atom stereocenters. The second-order valence-electron chi connectivity index (χ2n) is 4.52. The first kappa shape index (κ1) is 15.4. The van der Waals surface area contributed by atoms with Crippen LogP contribution in [0.5, 0.6) is 0 Å². The van der Waals surface area contributed by atoms with Crippen LogP contribution in [0.3, 0.4) is 0 Å². The Labute approximate surface area is 145 Å². The van der Waals surface area contributed by atoms with Crippen molar-refractivity contribution >= 4 is 61.9 Å². The van der Waals surface area contributed by atoms with Crippen molar-refractivity contribution in [2.45, 2.75) is 0 Å². The maximum absolute atomic E-state index is 13.0. The van der Waals surface area contributed by atoms with E-state index in [1.165, 1.54) is 28.8 Å². The summed E-state index contributed by atoms with van der Waals surface area (Å²) in [6.45, 7) is 0. The summed E-state index contributed by atoms with van der Waals surface area (Å²) in [4.78, 5) is 14.5. The maximum Gasteiger partial charge on any atom is 0.270 e. The molecular formula is C16H9BrFNOS2. The van der Waals surface area contributed by atoms with Gasteiger partial charge in [0.05, 0.1) is 10.6 Å². The normalized spacial score (nSPS) is 16.6. The minimum Gasteiger partial charge on any atom is -0.268 e. The van der Waals surface area contributed by atoms with E-state index >= 15 is 0 Å². The third kappa shape index (κ3) is 2.99. The summed E-state index contributed by atoms with van der Waals surface area (Å²) in [6, 6.07) is 13.3. The minimum atomic E-state index is -0.349. The Kier molecular flexibility index (Phi) is 4.42. The van der Waals surface area contributed by atoms with Crippen LogP contribution in [0.4, 0.5) is 10.1 Å². The molecule has 1 aliphatic heterocycles. The third-order valence-electron chi connectivity index (χ3n) is 3.07. The highest BCUT2D eigenvalue weighted by Gasteiger charge is 2.33. The number of amides is 1. The SMILES string of the molecule is O=C1C(=Cc2ccccc2Br)SC(=S)N1c1ccc(F)cc1. The largest absolute Gasteiger partial charge is 0.270 e. The topological polar surface area (TPSA) is 20.3 Å². The predicted molar refractivity (Wildman–Crippen MR) is 96.2 cm³/mol. The molecule has 0 radical (unpaired) electrons. The number of rotatable bonds is 2. The number of hydrogen-bond acceptors (Lipinski definition) is 3. The van der Waals surface area contributed by atoms with Gasteiger partial charge in [-0.25, -0.2) is 4.39 Å². The third-order valence-corrected chi connectivity index (χ3v) is 5.09. The van der Waals surface area contributed by atoms with Crippen LogP contribution in [0.25, 0.3) is 6.08 Å². The number of carbonyl (C=O) groups is 1. The lowest BCUT2D eigenvalue weighted by Gasteiger charge is -2.14. The zero-order valence-electron chi connectivity index (χ0n) is 11.1. The average Bonchev–Trinajstić information content (AvgIpc) is 2.77. The molecule has 1 aliphatic rings. The number of benzene rings is 2. The van der Waals surface area contributed by atoms with Crippen LogP contribution in [0.15, 0.2) is 57.9 Å². The minimum absolute atomic E-state index is 0.197. The Balaban J connectivity index is 1.95. The van der Waals surface area contributed by atoms with Gasteiger partial charge in [-0.1, -0.05) is 58.1 Å². The highest BCUT2D eigenvalue weighted by Crippen LogP contribution is 2.36. The summed E-state index contributed by atoms with van der Waals surface area (Å²) in [7, 11) is 0. The maximum atomic E-state index is 13.0. The van der Waals surface area contributed by atoms with Gasteiger partial charge in [-0.3, -0.25) is 9.69 Å². The molecule has 0 saturated carbocycles. The molecule has 0 atom stereocenters. The van der Waals surface area contributed by atoms with Gasteiger partial charge in [-0.2, -0.15) is 0 Å². The van der Waals surface area contributed by atoms with Gasteiger partial charge in [-0.05, 0) is 42.0 Å². The van der Waals surface area contributed by atoms with Crippen LogP contribution >= 0.6 is 39.9 Å². The highest BCUT2D eigenvalue weighted by atomic mass is 79.9. The molecule has 2 nitrogen and oxygen atoms in total. The van der Waals surface area contributed by atoms with E-state index in [2.05, 4.69) is 15.9 Å². The summed E-state index contributed by atoms with van der Waals surface area (Å²) in [5.41, 5.74) is 1.47. The first-order valence-corrected chi connectivity index (χ1v) is 8.36. The lowest BCUT2D eigenvalue weighted by atomic mass is 10.2. The second kappa shape index (κ2) is 6.32. The number of hydrogen-bond donors (Lipinski definition) is 0. The summed E-state index contributed by atoms with van der Waals surface area (Å²) < 4.78 is 14.4. The molecule has 6 heteroatoms. The quantitative estimate of drug-likeness (QED) is 0.529. The zero-order valence-corrected chi connectivity index (χ0v) is 14.3. The molecule has 3 rings (SSSR count). The molecule has 110 valence electrons. The van der Waals surface area contributed by atoms with Gasteiger partial charge < -0.3 is 0 Å². The monoisotopic (exact) mass is 393 g/mol. The zero-order chi connectivity index (χ0) is 15.7. The van der Waals surface area contributed by atoms with Gasteiger partial charge in [0.15, 0.2) is 4.32 Å². The van der Waals surface area contributed by atoms with Crippen molar-refractivity contribution in [2.24, 2.45) is 0 Å². The van der Waals surface area contributed by atoms with Crippen molar-refractivity contribution < 1.29 is 9.18 Å². The van der Waals surface area contributed by atoms with Gasteiger partial charge in [-0.15, -0.1) is 0 Å². The average molecular weight is 394 g/mol. The molecular weight excluding hydrogens is 385 g/mol. The van der Waals surface area contributed by atoms with Crippen LogP contribution in [-0.2, 0) is 4.79 Å². The van der Waals surface area contributed by atoms with Gasteiger partial charge in [0.25, 0.3) is 5.91 Å². The molecule has 1 fully saturated rings. The lowest BCUT2D eigenvalue weighted by Crippen LogP contribution is -2.27. The Hall–Kier alpha value is -1.50. The Bertz CT molecular complexity index is 789. The number of thioether (sulfide) groups is 1. The van der Waals surface area contributed by atoms with Gasteiger partial charge in [0.2, 0.25) is 0 Å². The highest BCUT2D eigenvalue weighted by molar-refractivity contribution is 9.10. The van der Waals surface area contributed by atoms with Gasteiger partial charge >= 0.3 is 0 Å². The van der Waals surface area contributed by atoms with E-state index < -0.39 is 0 Å². The molecule has 1 heterocycles. The molecule has 2 aromatic carbocycles. The number of carbonyl (C=O) groups excluding carboxylic acids is 1. The van der Waals surface area contributed by atoms with Gasteiger partial charge in [0.1, 0.15) is 5.82 Å². The summed E-state index contributed by atoms with van der Waals surface area (Å²) >= 11 is 9.97. The van der Waals surface area contributed by atoms with E-state index in [-0.39, 0.29) is 11.7 Å². The van der Waals surface area contributed by atoms with E-state index in [0.717, 1.165) is 10.0 Å². The van der Waals surface area contributed by atoms with E-state index in [1.807, 2.05) is 24.3 Å². The van der Waals surface area contributed by atoms with Crippen molar-refractivity contribution in [3.05, 3.63) is 69.3 Å². The van der Waals surface area contributed by atoms with Crippen LogP contribution < -0.4 is 4.90 Å². The molecule has 0 aromatic heterocycles. The van der Waals surface area contributed by atoms with Crippen molar-refractivity contribution in [2.75, 3.05) is 4.90 Å². The summed E-state index contributed by atoms with van der Waals surface area (Å²) in [6.07, 6.45) is 1.80. The molecule has 0 spiro atoms. The van der Waals surface area contributed by atoms with Crippen molar-refractivity contribution in [3.8, 4) is 0 Å². The standard InChI is InChI=1S/C16H9BrFNOS2/c17-13-4-2-1-3-10(13)9-14-15(20)19(16(21)22-14)12-7-5-11(18)6-8-12/h1-9H. The number of halogens is 2. The number of nitrogens with zero attached hydrogens (tertiary/aromatic N) is 1. The second-order valence-corrected chi connectivity index (χ2v) is 7.05. The lowest BCUT2D eigenvalue weighted by molar-refractivity contribution is -0.113. The van der Waals surface area contributed by atoms with E-state index in [9.17, 15) is 9.18 Å². The molecule has 0 bridgehead atoms. The first-order chi connectivity index (χ1) is 10.6. The number of thiocarbonyl (C=S) groups is 1. The van der Waals surface area contributed by atoms with Crippen molar-refractivity contribution in [1.82, 2.24) is 0 Å². The predicted octanol–water partition coefficient (Wildman–Crippen LogP) is 4.99. The fourth-order valence-electron chi connectivity index (χ4n) is 2.01. The first-order valence-electron chi connectivity index (χ1n) is 6.34. The molecule has 22 heavy (non-hydrogen) atoms. The van der Waals surface area contributed by atoms with E-state index in [1.54, 1.807) is 18.2 Å². The van der Waals surface area contributed by atoms with Crippen molar-refractivity contribution in [3.63, 3.8) is 0 Å². The summed E-state index contributed by atoms with van der Waals surface area (Å²) in [5, 5.41) is 0. The fraction of sp³-hybridized carbons (Fsp3) is 0. The Morgan fingerprint density at radius 1 is 1.14 bits per heavy atom. The fourth-order valence-corrected chi connectivity index (χ4v) is 3.70. The van der Waals surface area contributed by atoms with Crippen LogP contribution in [0, 0.1) is 5.82 Å². The van der Waals surface area contributed by atoms with Crippen LogP contribution in [0.1, 0.15) is 5.56 Å². The summed E-state index contributed by atoms with van der Waals surface area (Å²) in [5.74, 6) is -0.546. The van der Waals surface area contributed by atoms with E-state index in [0.29, 0.717) is 14.9 Å². The molecule has 1 saturated heterocycles. The number of anilines is 1. The molecule has 2 aromatic rings. The van der Waals surface area contributed by atoms with Crippen LogP contribution in [-0.4, -0.2) is 10.2 Å². The van der Waals surface area contributed by atoms with E-state index in [4.69, 9.17) is 12.2 Å².